The Bertz CT molecular complexity index is 71.3. The Morgan fingerprint density at radius 3 is 1.54 bits per heavy atom. The van der Waals surface area contributed by atoms with Crippen molar-refractivity contribution in [3.63, 3.8) is 0 Å². The van der Waals surface area contributed by atoms with Crippen LogP contribution in [0, 0.1) is 0 Å². The third kappa shape index (κ3) is 19.6. The molecule has 0 aromatic heterocycles. The van der Waals surface area contributed by atoms with E-state index in [4.69, 9.17) is 0 Å². The summed E-state index contributed by atoms with van der Waals surface area (Å²) < 4.78 is 0. The van der Waals surface area contributed by atoms with Gasteiger partial charge in [0.1, 0.15) is 0 Å². The zero-order valence-corrected chi connectivity index (χ0v) is 12.5. The molecule has 3 heteroatoms. The Kier molecular flexibility index (Phi) is 24.3. The van der Waals surface area contributed by atoms with Gasteiger partial charge in [-0.2, -0.15) is 11.8 Å². The van der Waals surface area contributed by atoms with Crippen molar-refractivity contribution in [2.45, 2.75) is 52.4 Å². The molecule has 0 atom stereocenters. The third-order valence-corrected chi connectivity index (χ3v) is 2.94. The Hall–Kier alpha value is 1.26. The van der Waals surface area contributed by atoms with Gasteiger partial charge in [-0.15, -0.1) is 0 Å². The average Bonchev–Trinajstić information content (AvgIpc) is 2.20. The number of rotatable bonds is 8. The van der Waals surface area contributed by atoms with E-state index in [0.717, 1.165) is 0 Å². The van der Waals surface area contributed by atoms with Crippen molar-refractivity contribution in [1.29, 1.82) is 0 Å². The van der Waals surface area contributed by atoms with Crippen LogP contribution in [-0.2, 0) is 18.0 Å². The second-order valence-electron chi connectivity index (χ2n) is 3.03. The maximum atomic E-state index is 4.09. The molecule has 0 N–H and O–H groups in total. The predicted octanol–water partition coefficient (Wildman–Crippen LogP) is 4.75. The molecule has 0 unspecified atom stereocenters. The number of hydrogen-bond acceptors (Lipinski definition) is 2. The van der Waals surface area contributed by atoms with E-state index >= 15 is 0 Å². The molecule has 0 aromatic rings. The summed E-state index contributed by atoms with van der Waals surface area (Å²) in [7, 11) is 4.09. The van der Waals surface area contributed by atoms with Gasteiger partial charge in [-0.05, 0) is 24.3 Å². The molecule has 0 nitrogen and oxygen atoms in total. The Balaban J connectivity index is 0. The molecule has 0 radical (unpaired) electrons. The molecule has 0 amide bonds. The SMILES string of the molecule is CCCCCSCCCCC.[S]=[Mo]. The Morgan fingerprint density at radius 1 is 0.846 bits per heavy atom. The summed E-state index contributed by atoms with van der Waals surface area (Å²) in [5.41, 5.74) is 0. The fourth-order valence-corrected chi connectivity index (χ4v) is 2.03. The van der Waals surface area contributed by atoms with E-state index in [0.29, 0.717) is 0 Å². The third-order valence-electron chi connectivity index (χ3n) is 1.78. The van der Waals surface area contributed by atoms with Crippen molar-refractivity contribution in [1.82, 2.24) is 0 Å². The molecule has 0 saturated carbocycles. The summed E-state index contributed by atoms with van der Waals surface area (Å²) in [4.78, 5) is 0. The van der Waals surface area contributed by atoms with Crippen molar-refractivity contribution >= 4 is 21.6 Å². The summed E-state index contributed by atoms with van der Waals surface area (Å²) >= 11 is 3.67. The van der Waals surface area contributed by atoms with Crippen molar-refractivity contribution < 1.29 is 18.0 Å². The first kappa shape index (κ1) is 16.7. The molecule has 0 fully saturated rings. The van der Waals surface area contributed by atoms with Gasteiger partial charge < -0.3 is 0 Å². The van der Waals surface area contributed by atoms with Gasteiger partial charge in [-0.25, -0.2) is 0 Å². The molecular weight excluding hydrogens is 280 g/mol. The summed E-state index contributed by atoms with van der Waals surface area (Å²) in [6.07, 6.45) is 8.40. The second kappa shape index (κ2) is 18.9. The van der Waals surface area contributed by atoms with Crippen LogP contribution in [0.2, 0.25) is 0 Å². The van der Waals surface area contributed by atoms with Gasteiger partial charge in [0.25, 0.3) is 0 Å². The summed E-state index contributed by atoms with van der Waals surface area (Å²) in [5.74, 6) is 2.77. The van der Waals surface area contributed by atoms with Crippen molar-refractivity contribution in [2.75, 3.05) is 11.5 Å². The van der Waals surface area contributed by atoms with Crippen LogP contribution in [-0.4, -0.2) is 11.5 Å². The second-order valence-corrected chi connectivity index (χ2v) is 4.25. The van der Waals surface area contributed by atoms with Crippen LogP contribution in [0.4, 0.5) is 0 Å². The van der Waals surface area contributed by atoms with E-state index in [9.17, 15) is 0 Å². The van der Waals surface area contributed by atoms with Crippen LogP contribution in [0.1, 0.15) is 52.4 Å². The fraction of sp³-hybridized carbons (Fsp3) is 1.00. The van der Waals surface area contributed by atoms with E-state index in [1.54, 1.807) is 0 Å². The van der Waals surface area contributed by atoms with Crippen LogP contribution >= 0.6 is 21.6 Å². The van der Waals surface area contributed by atoms with Crippen LogP contribution in [0.5, 0.6) is 0 Å². The first-order valence-electron chi connectivity index (χ1n) is 5.16. The summed E-state index contributed by atoms with van der Waals surface area (Å²) in [6.45, 7) is 4.53. The first-order valence-corrected chi connectivity index (χ1v) is 9.10. The van der Waals surface area contributed by atoms with Crippen LogP contribution in [0.15, 0.2) is 0 Å². The van der Waals surface area contributed by atoms with Gasteiger partial charge in [-0.3, -0.25) is 0 Å². The first-order chi connectivity index (χ1) is 6.41. The molecule has 0 spiro atoms. The van der Waals surface area contributed by atoms with Gasteiger partial charge in [0, 0.05) is 0 Å². The van der Waals surface area contributed by atoms with E-state index in [1.807, 2.05) is 0 Å². The zero-order valence-electron chi connectivity index (χ0n) is 8.88. The molecule has 0 rings (SSSR count). The topological polar surface area (TPSA) is 0 Å². The monoisotopic (exact) mass is 304 g/mol. The molecule has 0 aromatic carbocycles. The van der Waals surface area contributed by atoms with E-state index in [2.05, 4.69) is 35.4 Å². The van der Waals surface area contributed by atoms with Crippen LogP contribution in [0.3, 0.4) is 0 Å². The average molecular weight is 302 g/mol. The van der Waals surface area contributed by atoms with Crippen molar-refractivity contribution in [3.8, 4) is 0 Å². The van der Waals surface area contributed by atoms with Gasteiger partial charge >= 0.3 is 27.8 Å². The standard InChI is InChI=1S/C10H22S.Mo.S/c1-3-5-7-9-11-10-8-6-4-2;;/h3-10H2,1-2H3;;. The molecule has 13 heavy (non-hydrogen) atoms. The summed E-state index contributed by atoms with van der Waals surface area (Å²) in [6, 6.07) is 0. The summed E-state index contributed by atoms with van der Waals surface area (Å²) in [5, 5.41) is 0. The molecule has 0 saturated heterocycles. The minimum absolute atomic E-state index is 1.36. The zero-order chi connectivity index (χ0) is 10.4. The molecule has 0 aliphatic rings. The van der Waals surface area contributed by atoms with Gasteiger partial charge in [0.2, 0.25) is 0 Å². The number of thioether (sulfide) groups is 1. The number of hydrogen-bond donors (Lipinski definition) is 0. The van der Waals surface area contributed by atoms with Gasteiger partial charge in [0.05, 0.1) is 0 Å². The van der Waals surface area contributed by atoms with Crippen LogP contribution < -0.4 is 0 Å². The van der Waals surface area contributed by atoms with Gasteiger partial charge in [0.15, 0.2) is 0 Å². The minimum atomic E-state index is 1.36. The molecular formula is C10H22MoS2. The molecule has 0 bridgehead atoms. The quantitative estimate of drug-likeness (QED) is 0.469. The van der Waals surface area contributed by atoms with Crippen LogP contribution in [0.25, 0.3) is 0 Å². The predicted molar refractivity (Wildman–Crippen MR) is 64.0 cm³/mol. The Morgan fingerprint density at radius 2 is 1.23 bits per heavy atom. The molecule has 0 aliphatic heterocycles. The Labute approximate surface area is 103 Å². The van der Waals surface area contributed by atoms with Crippen molar-refractivity contribution in [3.05, 3.63) is 0 Å². The fourth-order valence-electron chi connectivity index (χ4n) is 1.01. The van der Waals surface area contributed by atoms with E-state index < -0.39 is 0 Å². The molecule has 80 valence electrons. The van der Waals surface area contributed by atoms with Crippen molar-refractivity contribution in [2.24, 2.45) is 0 Å². The molecule has 0 aliphatic carbocycles. The normalized spacial score (nSPS) is 9.08. The molecule has 0 heterocycles. The van der Waals surface area contributed by atoms with Gasteiger partial charge in [-0.1, -0.05) is 39.5 Å². The maximum absolute atomic E-state index is 4.09. The van der Waals surface area contributed by atoms with E-state index in [1.165, 1.54) is 68.0 Å². The number of unbranched alkanes of at least 4 members (excludes halogenated alkanes) is 4. The van der Waals surface area contributed by atoms with E-state index in [-0.39, 0.29) is 0 Å².